The predicted molar refractivity (Wildman–Crippen MR) is 91.7 cm³/mol. The molecule has 0 saturated heterocycles. The first-order chi connectivity index (χ1) is 9.81. The van der Waals surface area contributed by atoms with Crippen molar-refractivity contribution in [3.05, 3.63) is 84.1 Å². The van der Waals surface area contributed by atoms with Crippen LogP contribution in [0.3, 0.4) is 0 Å². The smallest absolute Gasteiger partial charge is 0.0232 e. The predicted octanol–water partition coefficient (Wildman–Crippen LogP) is 6.23. The summed E-state index contributed by atoms with van der Waals surface area (Å²) in [5, 5.41) is 0. The second-order valence-electron chi connectivity index (χ2n) is 4.66. The summed E-state index contributed by atoms with van der Waals surface area (Å²) in [6.45, 7) is 11.8. The monoisotopic (exact) mass is 266 g/mol. The highest BCUT2D eigenvalue weighted by Crippen LogP contribution is 2.30. The van der Waals surface area contributed by atoms with Crippen LogP contribution in [0.25, 0.3) is 0 Å². The van der Waals surface area contributed by atoms with Gasteiger partial charge in [0.15, 0.2) is 0 Å². The van der Waals surface area contributed by atoms with Gasteiger partial charge in [0.25, 0.3) is 0 Å². The van der Waals surface area contributed by atoms with Crippen molar-refractivity contribution < 1.29 is 0 Å². The molecule has 106 valence electrons. The van der Waals surface area contributed by atoms with E-state index in [9.17, 15) is 0 Å². The Morgan fingerprint density at radius 3 is 2.35 bits per heavy atom. The Balaban J connectivity index is 0.000000956. The molecule has 2 aliphatic rings. The summed E-state index contributed by atoms with van der Waals surface area (Å²) in [7, 11) is 0. The molecule has 0 unspecified atom stereocenters. The molecule has 0 aromatic carbocycles. The first-order valence-corrected chi connectivity index (χ1v) is 7.55. The second kappa shape index (κ2) is 9.14. The molecule has 0 spiro atoms. The first kappa shape index (κ1) is 16.2. The maximum absolute atomic E-state index is 4.10. The molecule has 20 heavy (non-hydrogen) atoms. The van der Waals surface area contributed by atoms with Crippen LogP contribution in [0.4, 0.5) is 0 Å². The van der Waals surface area contributed by atoms with E-state index in [1.54, 1.807) is 6.08 Å². The molecule has 0 N–H and O–H groups in total. The Labute approximate surface area is 124 Å². The lowest BCUT2D eigenvalue weighted by atomic mass is 9.87. The van der Waals surface area contributed by atoms with Gasteiger partial charge in [0.05, 0.1) is 0 Å². The van der Waals surface area contributed by atoms with Crippen molar-refractivity contribution in [2.24, 2.45) is 0 Å². The maximum atomic E-state index is 4.10. The highest BCUT2D eigenvalue weighted by Gasteiger charge is 2.11. The van der Waals surface area contributed by atoms with E-state index in [0.717, 1.165) is 18.4 Å². The largest absolute Gasteiger partial charge is 0.0991 e. The van der Waals surface area contributed by atoms with E-state index < -0.39 is 0 Å². The lowest BCUT2D eigenvalue weighted by Gasteiger charge is -2.18. The lowest BCUT2D eigenvalue weighted by Crippen LogP contribution is -1.99. The molecular weight excluding hydrogens is 240 g/mol. The summed E-state index contributed by atoms with van der Waals surface area (Å²) in [4.78, 5) is 0. The Morgan fingerprint density at radius 1 is 1.05 bits per heavy atom. The molecular formula is C20H26. The van der Waals surface area contributed by atoms with Gasteiger partial charge in [-0.2, -0.15) is 0 Å². The molecule has 0 heterocycles. The Hall–Kier alpha value is -1.82. The van der Waals surface area contributed by atoms with Crippen LogP contribution in [0, 0.1) is 0 Å². The lowest BCUT2D eigenvalue weighted by molar-refractivity contribution is 0.877. The summed E-state index contributed by atoms with van der Waals surface area (Å²) < 4.78 is 0. The quantitative estimate of drug-likeness (QED) is 0.529. The molecule has 0 radical (unpaired) electrons. The Bertz CT molecular complexity index is 490. The molecule has 0 fully saturated rings. The van der Waals surface area contributed by atoms with Crippen LogP contribution in [-0.4, -0.2) is 0 Å². The Morgan fingerprint density at radius 2 is 1.80 bits per heavy atom. The van der Waals surface area contributed by atoms with E-state index in [1.807, 2.05) is 26.0 Å². The van der Waals surface area contributed by atoms with Crippen molar-refractivity contribution in [3.8, 4) is 0 Å². The molecule has 2 rings (SSSR count). The number of allylic oxidation sites excluding steroid dienone is 12. The van der Waals surface area contributed by atoms with Gasteiger partial charge in [-0.3, -0.25) is 0 Å². The molecule has 0 aliphatic heterocycles. The van der Waals surface area contributed by atoms with Crippen LogP contribution in [0.2, 0.25) is 0 Å². The SMILES string of the molecule is C=C/C=C\C(=C)C1=CC=C(C2=CC=CCC2)CC1.CC. The summed E-state index contributed by atoms with van der Waals surface area (Å²) in [5.74, 6) is 0. The van der Waals surface area contributed by atoms with Crippen molar-refractivity contribution in [2.45, 2.75) is 39.5 Å². The van der Waals surface area contributed by atoms with E-state index in [4.69, 9.17) is 0 Å². The molecule has 0 heteroatoms. The van der Waals surface area contributed by atoms with Gasteiger partial charge >= 0.3 is 0 Å². The zero-order chi connectivity index (χ0) is 14.8. The Kier molecular flexibility index (Phi) is 7.42. The van der Waals surface area contributed by atoms with Crippen LogP contribution in [0.1, 0.15) is 39.5 Å². The van der Waals surface area contributed by atoms with E-state index in [-0.39, 0.29) is 0 Å². The van der Waals surface area contributed by atoms with Gasteiger partial charge in [0, 0.05) is 0 Å². The highest BCUT2D eigenvalue weighted by molar-refractivity contribution is 5.47. The third kappa shape index (κ3) is 4.70. The fraction of sp³-hybridized carbons (Fsp3) is 0.300. The van der Waals surface area contributed by atoms with Gasteiger partial charge in [-0.1, -0.05) is 75.6 Å². The highest BCUT2D eigenvalue weighted by atomic mass is 14.2. The van der Waals surface area contributed by atoms with Crippen molar-refractivity contribution in [1.29, 1.82) is 0 Å². The van der Waals surface area contributed by atoms with Crippen LogP contribution in [-0.2, 0) is 0 Å². The van der Waals surface area contributed by atoms with Crippen molar-refractivity contribution in [3.63, 3.8) is 0 Å². The molecule has 0 aromatic heterocycles. The molecule has 0 atom stereocenters. The van der Waals surface area contributed by atoms with Crippen molar-refractivity contribution in [2.75, 3.05) is 0 Å². The molecule has 0 amide bonds. The van der Waals surface area contributed by atoms with Gasteiger partial charge < -0.3 is 0 Å². The van der Waals surface area contributed by atoms with Crippen molar-refractivity contribution in [1.82, 2.24) is 0 Å². The standard InChI is InChI=1S/C18H20.C2H6/c1-3-4-8-15(2)16-11-13-18(14-12-16)17-9-6-5-7-10-17;1-2/h3-6,8-9,11,13H,1-2,7,10,12,14H2;1-2H3/b8-4-;. The summed E-state index contributed by atoms with van der Waals surface area (Å²) >= 11 is 0. The zero-order valence-corrected chi connectivity index (χ0v) is 12.9. The normalized spacial score (nSPS) is 17.6. The molecule has 0 aromatic rings. The zero-order valence-electron chi connectivity index (χ0n) is 12.9. The van der Waals surface area contributed by atoms with Gasteiger partial charge in [-0.05, 0) is 48.0 Å². The molecule has 2 aliphatic carbocycles. The number of rotatable bonds is 4. The van der Waals surface area contributed by atoms with Crippen LogP contribution in [0.15, 0.2) is 84.1 Å². The number of hydrogen-bond acceptors (Lipinski definition) is 0. The topological polar surface area (TPSA) is 0 Å². The maximum Gasteiger partial charge on any atom is -0.0232 e. The molecule has 0 bridgehead atoms. The van der Waals surface area contributed by atoms with Crippen molar-refractivity contribution >= 4 is 0 Å². The average molecular weight is 266 g/mol. The first-order valence-electron chi connectivity index (χ1n) is 7.55. The average Bonchev–Trinajstić information content (AvgIpc) is 2.55. The summed E-state index contributed by atoms with van der Waals surface area (Å²) in [6.07, 6.45) is 21.5. The second-order valence-corrected chi connectivity index (χ2v) is 4.66. The van der Waals surface area contributed by atoms with Crippen LogP contribution >= 0.6 is 0 Å². The van der Waals surface area contributed by atoms with Crippen LogP contribution < -0.4 is 0 Å². The van der Waals surface area contributed by atoms with Gasteiger partial charge in [-0.15, -0.1) is 0 Å². The van der Waals surface area contributed by atoms with E-state index in [0.29, 0.717) is 0 Å². The molecule has 0 nitrogen and oxygen atoms in total. The summed E-state index contributed by atoms with van der Waals surface area (Å²) in [5.41, 5.74) is 5.43. The summed E-state index contributed by atoms with van der Waals surface area (Å²) in [6, 6.07) is 0. The third-order valence-corrected chi connectivity index (χ3v) is 3.42. The van der Waals surface area contributed by atoms with Crippen LogP contribution in [0.5, 0.6) is 0 Å². The van der Waals surface area contributed by atoms with E-state index in [2.05, 4.69) is 43.5 Å². The van der Waals surface area contributed by atoms with E-state index >= 15 is 0 Å². The third-order valence-electron chi connectivity index (χ3n) is 3.42. The van der Waals surface area contributed by atoms with Gasteiger partial charge in [-0.25, -0.2) is 0 Å². The number of hydrogen-bond donors (Lipinski definition) is 0. The van der Waals surface area contributed by atoms with Gasteiger partial charge in [0.2, 0.25) is 0 Å². The minimum atomic E-state index is 1.09. The van der Waals surface area contributed by atoms with E-state index in [1.165, 1.54) is 29.6 Å². The molecule has 0 saturated carbocycles. The fourth-order valence-corrected chi connectivity index (χ4v) is 2.33. The minimum absolute atomic E-state index is 1.09. The fourth-order valence-electron chi connectivity index (χ4n) is 2.33. The minimum Gasteiger partial charge on any atom is -0.0991 e. The van der Waals surface area contributed by atoms with Gasteiger partial charge in [0.1, 0.15) is 0 Å².